The molecule has 4 heterocycles. The van der Waals surface area contributed by atoms with Crippen molar-refractivity contribution in [1.29, 1.82) is 0 Å². The zero-order valence-corrected chi connectivity index (χ0v) is 19.5. The van der Waals surface area contributed by atoms with Crippen LogP contribution in [0.4, 0.5) is 9.59 Å². The van der Waals surface area contributed by atoms with E-state index in [2.05, 4.69) is 10.6 Å². The second kappa shape index (κ2) is 8.91. The molecule has 4 aliphatic rings. The zero-order chi connectivity index (χ0) is 22.1. The lowest BCUT2D eigenvalue weighted by atomic mass is 10.0. The fourth-order valence-electron chi connectivity index (χ4n) is 4.66. The summed E-state index contributed by atoms with van der Waals surface area (Å²) in [6, 6.07) is 0. The highest BCUT2D eigenvalue weighted by molar-refractivity contribution is 5.69. The Morgan fingerprint density at radius 1 is 0.633 bits per heavy atom. The average molecular weight is 425 g/mol. The maximum absolute atomic E-state index is 11.8. The topological polar surface area (TPSA) is 83.1 Å². The smallest absolute Gasteiger partial charge is 0.410 e. The summed E-state index contributed by atoms with van der Waals surface area (Å²) in [6.07, 6.45) is -0.311. The van der Waals surface area contributed by atoms with Crippen LogP contribution in [-0.4, -0.2) is 85.5 Å². The highest BCUT2D eigenvalue weighted by atomic mass is 16.6. The maximum Gasteiger partial charge on any atom is 0.410 e. The Hall–Kier alpha value is -1.54. The number of ether oxygens (including phenoxy) is 2. The van der Waals surface area contributed by atoms with Gasteiger partial charge in [-0.25, -0.2) is 9.59 Å². The van der Waals surface area contributed by atoms with Crippen LogP contribution < -0.4 is 10.6 Å². The number of carbonyl (C=O) groups is 2. The van der Waals surface area contributed by atoms with Gasteiger partial charge in [-0.15, -0.1) is 0 Å². The molecule has 4 saturated heterocycles. The van der Waals surface area contributed by atoms with Crippen molar-refractivity contribution in [2.45, 2.75) is 52.7 Å². The van der Waals surface area contributed by atoms with Gasteiger partial charge in [-0.1, -0.05) is 0 Å². The average Bonchev–Trinajstić information content (AvgIpc) is 3.31. The molecule has 4 atom stereocenters. The van der Waals surface area contributed by atoms with Crippen molar-refractivity contribution < 1.29 is 19.1 Å². The number of nitrogens with one attached hydrogen (secondary N) is 2. The molecule has 4 aliphatic heterocycles. The summed E-state index contributed by atoms with van der Waals surface area (Å²) >= 11 is 0. The normalized spacial score (nSPS) is 30.5. The summed E-state index contributed by atoms with van der Waals surface area (Å²) < 4.78 is 10.7. The van der Waals surface area contributed by atoms with Crippen LogP contribution in [0.5, 0.6) is 0 Å². The van der Waals surface area contributed by atoms with Crippen LogP contribution in [0.2, 0.25) is 0 Å². The first-order chi connectivity index (χ1) is 13.9. The standard InChI is InChI=1S/2C11H20N2O2/c2*1-11(2,3)15-10(14)13-6-8-4-12-5-9(8)7-13/h2*8-9,12H,4-7H2,1-3H3. The maximum atomic E-state index is 11.8. The van der Waals surface area contributed by atoms with Crippen molar-refractivity contribution in [3.05, 3.63) is 0 Å². The van der Waals surface area contributed by atoms with Gasteiger partial charge in [0.1, 0.15) is 11.2 Å². The van der Waals surface area contributed by atoms with E-state index in [1.54, 1.807) is 0 Å². The third-order valence-corrected chi connectivity index (χ3v) is 6.08. The van der Waals surface area contributed by atoms with E-state index in [0.717, 1.165) is 52.4 Å². The first kappa shape index (κ1) is 23.1. The number of amides is 2. The van der Waals surface area contributed by atoms with E-state index >= 15 is 0 Å². The number of hydrogen-bond acceptors (Lipinski definition) is 6. The largest absolute Gasteiger partial charge is 0.444 e. The molecule has 0 aromatic carbocycles. The molecule has 0 aromatic rings. The van der Waals surface area contributed by atoms with Gasteiger partial charge in [0, 0.05) is 52.4 Å². The summed E-state index contributed by atoms with van der Waals surface area (Å²) in [5.41, 5.74) is -0.764. The highest BCUT2D eigenvalue weighted by Crippen LogP contribution is 2.28. The van der Waals surface area contributed by atoms with Gasteiger partial charge in [-0.2, -0.15) is 0 Å². The Bertz CT molecular complexity index is 550. The fourth-order valence-corrected chi connectivity index (χ4v) is 4.66. The van der Waals surface area contributed by atoms with Crippen molar-refractivity contribution in [1.82, 2.24) is 20.4 Å². The van der Waals surface area contributed by atoms with Crippen molar-refractivity contribution in [2.75, 3.05) is 52.4 Å². The Morgan fingerprint density at radius 2 is 0.900 bits per heavy atom. The first-order valence-electron chi connectivity index (χ1n) is 11.3. The van der Waals surface area contributed by atoms with Crippen molar-refractivity contribution in [3.63, 3.8) is 0 Å². The SMILES string of the molecule is CC(C)(C)OC(=O)N1CC2CNCC2C1.CC(C)(C)OC(=O)N1CC2CNCC2C1. The van der Waals surface area contributed by atoms with E-state index in [4.69, 9.17) is 9.47 Å². The van der Waals surface area contributed by atoms with Crippen LogP contribution >= 0.6 is 0 Å². The second-order valence-corrected chi connectivity index (χ2v) is 11.1. The molecule has 0 bridgehead atoms. The van der Waals surface area contributed by atoms with Gasteiger partial charge < -0.3 is 29.9 Å². The number of carbonyl (C=O) groups excluding carboxylic acids is 2. The molecular weight excluding hydrogens is 384 g/mol. The first-order valence-corrected chi connectivity index (χ1v) is 11.3. The molecule has 0 spiro atoms. The van der Waals surface area contributed by atoms with Gasteiger partial charge >= 0.3 is 12.2 Å². The lowest BCUT2D eigenvalue weighted by molar-refractivity contribution is 0.0271. The molecule has 4 unspecified atom stereocenters. The van der Waals surface area contributed by atoms with Crippen LogP contribution in [0.25, 0.3) is 0 Å². The van der Waals surface area contributed by atoms with E-state index < -0.39 is 0 Å². The minimum atomic E-state index is -0.382. The van der Waals surface area contributed by atoms with Gasteiger partial charge in [0.2, 0.25) is 0 Å². The number of fused-ring (bicyclic) bond motifs is 2. The molecule has 0 saturated carbocycles. The Kier molecular flexibility index (Phi) is 6.87. The number of likely N-dealkylation sites (tertiary alicyclic amines) is 2. The molecule has 0 radical (unpaired) electrons. The molecule has 8 nitrogen and oxygen atoms in total. The molecule has 0 aliphatic carbocycles. The lowest BCUT2D eigenvalue weighted by Gasteiger charge is -2.24. The third kappa shape index (κ3) is 6.23. The van der Waals surface area contributed by atoms with Crippen LogP contribution in [0.3, 0.4) is 0 Å². The fraction of sp³-hybridized carbons (Fsp3) is 0.909. The molecule has 4 rings (SSSR count). The van der Waals surface area contributed by atoms with E-state index in [9.17, 15) is 9.59 Å². The zero-order valence-electron chi connectivity index (χ0n) is 19.5. The summed E-state index contributed by atoms with van der Waals surface area (Å²) in [5.74, 6) is 2.55. The van der Waals surface area contributed by atoms with Crippen LogP contribution in [-0.2, 0) is 9.47 Å². The van der Waals surface area contributed by atoms with Crippen LogP contribution in [0.1, 0.15) is 41.5 Å². The van der Waals surface area contributed by atoms with Gasteiger partial charge in [0.05, 0.1) is 0 Å². The molecular formula is C22H40N4O4. The predicted octanol–water partition coefficient (Wildman–Crippen LogP) is 2.15. The Labute approximate surface area is 181 Å². The van der Waals surface area contributed by atoms with E-state index in [-0.39, 0.29) is 23.4 Å². The lowest BCUT2D eigenvalue weighted by Crippen LogP contribution is -2.37. The molecule has 172 valence electrons. The number of hydrogen-bond donors (Lipinski definition) is 2. The monoisotopic (exact) mass is 424 g/mol. The molecule has 4 fully saturated rings. The summed E-state index contributed by atoms with van der Waals surface area (Å²) in [7, 11) is 0. The van der Waals surface area contributed by atoms with Crippen molar-refractivity contribution >= 4 is 12.2 Å². The van der Waals surface area contributed by atoms with Crippen LogP contribution in [0.15, 0.2) is 0 Å². The summed E-state index contributed by atoms with van der Waals surface area (Å²) in [4.78, 5) is 27.2. The second-order valence-electron chi connectivity index (χ2n) is 11.1. The molecule has 0 aromatic heterocycles. The van der Waals surface area contributed by atoms with Gasteiger partial charge in [-0.05, 0) is 65.2 Å². The summed E-state index contributed by atoms with van der Waals surface area (Å²) in [5, 5.41) is 6.71. The van der Waals surface area contributed by atoms with E-state index in [1.165, 1.54) is 0 Å². The van der Waals surface area contributed by atoms with Crippen LogP contribution in [0, 0.1) is 23.7 Å². The summed E-state index contributed by atoms with van der Waals surface area (Å²) in [6.45, 7) is 19.0. The highest BCUT2D eigenvalue weighted by Gasteiger charge is 2.40. The minimum absolute atomic E-state index is 0.156. The number of nitrogens with zero attached hydrogens (tertiary/aromatic N) is 2. The quantitative estimate of drug-likeness (QED) is 0.620. The van der Waals surface area contributed by atoms with E-state index in [0.29, 0.717) is 23.7 Å². The molecule has 30 heavy (non-hydrogen) atoms. The van der Waals surface area contributed by atoms with Crippen molar-refractivity contribution in [3.8, 4) is 0 Å². The van der Waals surface area contributed by atoms with Gasteiger partial charge in [0.25, 0.3) is 0 Å². The van der Waals surface area contributed by atoms with Gasteiger partial charge in [0.15, 0.2) is 0 Å². The minimum Gasteiger partial charge on any atom is -0.444 e. The predicted molar refractivity (Wildman–Crippen MR) is 115 cm³/mol. The Morgan fingerprint density at radius 3 is 1.13 bits per heavy atom. The van der Waals surface area contributed by atoms with Gasteiger partial charge in [-0.3, -0.25) is 0 Å². The molecule has 8 heteroatoms. The third-order valence-electron chi connectivity index (χ3n) is 6.08. The van der Waals surface area contributed by atoms with E-state index in [1.807, 2.05) is 51.3 Å². The number of rotatable bonds is 0. The van der Waals surface area contributed by atoms with Crippen molar-refractivity contribution in [2.24, 2.45) is 23.7 Å². The molecule has 2 amide bonds. The molecule has 2 N–H and O–H groups in total. The Balaban J connectivity index is 0.000000171.